The molecule has 5 atom stereocenters. The number of alkyl halides is 3. The maximum atomic E-state index is 17.6. The van der Waals surface area contributed by atoms with Gasteiger partial charge in [0.1, 0.15) is 22.3 Å². The molecule has 1 fully saturated rings. The van der Waals surface area contributed by atoms with Crippen LogP contribution in [-0.2, 0) is 29.7 Å². The van der Waals surface area contributed by atoms with Crippen LogP contribution < -0.4 is 4.74 Å². The maximum Gasteiger partial charge on any atom is 0.277 e. The van der Waals surface area contributed by atoms with E-state index in [1.54, 1.807) is 18.2 Å². The molecule has 0 bridgehead atoms. The predicted octanol–water partition coefficient (Wildman–Crippen LogP) is 10.6. The fraction of sp³-hybridized carbons (Fsp3) is 0.684. The topological polar surface area (TPSA) is 46.2 Å². The van der Waals surface area contributed by atoms with Gasteiger partial charge in [0.15, 0.2) is 0 Å². The Morgan fingerprint density at radius 2 is 1.32 bits per heavy atom. The fourth-order valence-electron chi connectivity index (χ4n) is 6.02. The minimum absolute atomic E-state index is 0.154. The highest BCUT2D eigenvalue weighted by Gasteiger charge is 2.71. The van der Waals surface area contributed by atoms with E-state index >= 15 is 8.78 Å². The van der Waals surface area contributed by atoms with Crippen molar-refractivity contribution in [2.24, 2.45) is 5.92 Å². The molecule has 0 amide bonds. The first-order valence-corrected chi connectivity index (χ1v) is 18.9. The molecule has 1 unspecified atom stereocenters. The Kier molecular flexibility index (Phi) is 17.4. The summed E-state index contributed by atoms with van der Waals surface area (Å²) in [5, 5.41) is 0.511. The second-order valence-electron chi connectivity index (χ2n) is 12.5. The molecule has 5 nitrogen and oxygen atoms in total. The summed E-state index contributed by atoms with van der Waals surface area (Å²) < 4.78 is 64.2. The van der Waals surface area contributed by atoms with Crippen LogP contribution in [0.4, 0.5) is 8.78 Å². The van der Waals surface area contributed by atoms with Crippen LogP contribution in [0.5, 0.6) is 5.75 Å². The van der Waals surface area contributed by atoms with Crippen molar-refractivity contribution in [2.75, 3.05) is 39.6 Å². The monoisotopic (exact) mass is 744 g/mol. The summed E-state index contributed by atoms with van der Waals surface area (Å²) in [7, 11) is 0. The van der Waals surface area contributed by atoms with Crippen molar-refractivity contribution in [1.29, 1.82) is 0 Å². The van der Waals surface area contributed by atoms with Gasteiger partial charge < -0.3 is 23.7 Å². The summed E-state index contributed by atoms with van der Waals surface area (Å²) in [6.45, 7) is 12.1. The molecule has 0 aliphatic heterocycles. The molecular formula is C38H56BrClF2O5. The van der Waals surface area contributed by atoms with E-state index in [1.807, 2.05) is 31.2 Å². The first-order valence-electron chi connectivity index (χ1n) is 17.7. The van der Waals surface area contributed by atoms with E-state index in [0.717, 1.165) is 68.2 Å². The second-order valence-corrected chi connectivity index (χ2v) is 14.1. The van der Waals surface area contributed by atoms with Gasteiger partial charge in [-0.3, -0.25) is 0 Å². The summed E-state index contributed by atoms with van der Waals surface area (Å²) in [6.07, 6.45) is 4.46. The minimum Gasteiger partial charge on any atom is -0.494 e. The third kappa shape index (κ3) is 10.4. The van der Waals surface area contributed by atoms with E-state index in [2.05, 4.69) is 43.6 Å². The maximum absolute atomic E-state index is 17.6. The van der Waals surface area contributed by atoms with Crippen molar-refractivity contribution in [2.45, 2.75) is 121 Å². The Hall–Kier alpha value is -1.29. The van der Waals surface area contributed by atoms with Gasteiger partial charge in [-0.2, -0.15) is 0 Å². The van der Waals surface area contributed by atoms with Crippen molar-refractivity contribution >= 4 is 27.5 Å². The molecule has 1 aliphatic rings. The molecule has 0 radical (unpaired) electrons. The van der Waals surface area contributed by atoms with Crippen molar-refractivity contribution in [3.05, 3.63) is 64.2 Å². The lowest BCUT2D eigenvalue weighted by atomic mass is 9.69. The number of rotatable bonds is 22. The van der Waals surface area contributed by atoms with E-state index in [-0.39, 0.29) is 6.61 Å². The van der Waals surface area contributed by atoms with Crippen LogP contribution in [0.25, 0.3) is 0 Å². The molecule has 266 valence electrons. The molecule has 0 N–H and O–H groups in total. The van der Waals surface area contributed by atoms with Gasteiger partial charge in [-0.05, 0) is 73.9 Å². The summed E-state index contributed by atoms with van der Waals surface area (Å²) in [5.41, 5.74) is 2.13. The Balaban J connectivity index is 2.15. The molecule has 3 rings (SSSR count). The van der Waals surface area contributed by atoms with Crippen LogP contribution in [0, 0.1) is 5.92 Å². The Morgan fingerprint density at radius 3 is 1.91 bits per heavy atom. The summed E-state index contributed by atoms with van der Waals surface area (Å²) in [5.74, 6) is -3.85. The van der Waals surface area contributed by atoms with Crippen LogP contribution in [0.3, 0.4) is 0 Å². The summed E-state index contributed by atoms with van der Waals surface area (Å²) in [6, 6.07) is 13.0. The van der Waals surface area contributed by atoms with Gasteiger partial charge in [0, 0.05) is 31.5 Å². The predicted molar refractivity (Wildman–Crippen MR) is 191 cm³/mol. The van der Waals surface area contributed by atoms with Crippen LogP contribution in [0.2, 0.25) is 5.02 Å². The highest BCUT2D eigenvalue weighted by molar-refractivity contribution is 9.09. The van der Waals surface area contributed by atoms with E-state index in [9.17, 15) is 0 Å². The lowest BCUT2D eigenvalue weighted by molar-refractivity contribution is -0.272. The van der Waals surface area contributed by atoms with Gasteiger partial charge in [-0.15, -0.1) is 0 Å². The van der Waals surface area contributed by atoms with Crippen molar-refractivity contribution in [3.63, 3.8) is 0 Å². The average Bonchev–Trinajstić information content (AvgIpc) is 3.06. The number of unbranched alkanes of at least 4 members (excludes halogenated alkanes) is 4. The smallest absolute Gasteiger partial charge is 0.277 e. The van der Waals surface area contributed by atoms with Gasteiger partial charge in [-0.1, -0.05) is 105 Å². The van der Waals surface area contributed by atoms with E-state index in [0.29, 0.717) is 50.0 Å². The molecule has 0 aromatic heterocycles. The number of ether oxygens (including phenoxy) is 5. The van der Waals surface area contributed by atoms with Crippen molar-refractivity contribution in [1.82, 2.24) is 0 Å². The van der Waals surface area contributed by atoms with Crippen LogP contribution >= 0.6 is 27.5 Å². The summed E-state index contributed by atoms with van der Waals surface area (Å²) >= 11 is 10.4. The molecule has 1 saturated carbocycles. The largest absolute Gasteiger partial charge is 0.494 e. The van der Waals surface area contributed by atoms with Crippen LogP contribution in [-0.4, -0.2) is 63.9 Å². The number of benzene rings is 2. The van der Waals surface area contributed by atoms with Crippen LogP contribution in [0.15, 0.2) is 42.5 Å². The number of halogens is 4. The highest BCUT2D eigenvalue weighted by Crippen LogP contribution is 2.59. The van der Waals surface area contributed by atoms with E-state index in [4.69, 9.17) is 35.3 Å². The van der Waals surface area contributed by atoms with Gasteiger partial charge in [0.2, 0.25) is 0 Å². The third-order valence-electron chi connectivity index (χ3n) is 8.81. The standard InChI is InChI=1S/C38H56BrClF2O5/c1-6-11-21-43-27-32-34(45-22-12-7-2)35(46-23-13-8-3)36(47-24-14-9-4)37(39,38(32,41)42)30-17-20-33(40)29(26-30)25-28-15-18-31(19-16-28)44-10-5/h15-20,26,32,34-36H,6-14,21-25,27H2,1-5H3/t32-,34-,35+,36-,37?/m1/s1. The molecule has 0 heterocycles. The number of hydrogen-bond acceptors (Lipinski definition) is 5. The average molecular weight is 746 g/mol. The molecule has 0 spiro atoms. The molecule has 1 aliphatic carbocycles. The van der Waals surface area contributed by atoms with E-state index < -0.39 is 34.5 Å². The molecule has 0 saturated heterocycles. The lowest BCUT2D eigenvalue weighted by Gasteiger charge is -2.55. The summed E-state index contributed by atoms with van der Waals surface area (Å²) in [4.78, 5) is 0. The molecule has 47 heavy (non-hydrogen) atoms. The number of hydrogen-bond donors (Lipinski definition) is 0. The van der Waals surface area contributed by atoms with Gasteiger partial charge >= 0.3 is 0 Å². The quantitative estimate of drug-likeness (QED) is 0.0887. The Morgan fingerprint density at radius 1 is 0.745 bits per heavy atom. The molecule has 2 aromatic rings. The van der Waals surface area contributed by atoms with Crippen molar-refractivity contribution in [3.8, 4) is 5.75 Å². The Labute approximate surface area is 295 Å². The molecule has 9 heteroatoms. The Bertz CT molecular complexity index is 1170. The molecular weight excluding hydrogens is 690 g/mol. The van der Waals surface area contributed by atoms with E-state index in [1.165, 1.54) is 0 Å². The lowest BCUT2D eigenvalue weighted by Crippen LogP contribution is -2.70. The SMILES string of the molecule is CCCCOC[C@@H]1[C@@H](OCCCC)[C@H](OCCCC)[C@@H](OCCCC)C(Br)(c2ccc(Cl)c(Cc3ccc(OCC)cc3)c2)C1(F)F. The van der Waals surface area contributed by atoms with Gasteiger partial charge in [-0.25, -0.2) is 8.78 Å². The highest BCUT2D eigenvalue weighted by atomic mass is 79.9. The third-order valence-corrected chi connectivity index (χ3v) is 10.6. The zero-order chi connectivity index (χ0) is 34.3. The fourth-order valence-corrected chi connectivity index (χ4v) is 7.14. The first-order chi connectivity index (χ1) is 22.7. The normalized spacial score (nSPS) is 24.0. The van der Waals surface area contributed by atoms with Crippen LogP contribution in [0.1, 0.15) is 103 Å². The minimum atomic E-state index is -3.35. The zero-order valence-corrected chi connectivity index (χ0v) is 31.4. The zero-order valence-electron chi connectivity index (χ0n) is 29.0. The van der Waals surface area contributed by atoms with Crippen molar-refractivity contribution < 1.29 is 32.5 Å². The van der Waals surface area contributed by atoms with Gasteiger partial charge in [0.25, 0.3) is 5.92 Å². The van der Waals surface area contributed by atoms with Gasteiger partial charge in [0.05, 0.1) is 25.2 Å². The first kappa shape index (κ1) is 40.1. The molecule has 2 aromatic carbocycles. The second kappa shape index (κ2) is 20.4.